The molecule has 1 aliphatic rings. The van der Waals surface area contributed by atoms with Gasteiger partial charge < -0.3 is 14.9 Å². The molecule has 0 saturated carbocycles. The summed E-state index contributed by atoms with van der Waals surface area (Å²) < 4.78 is 0. The molecule has 11 heavy (non-hydrogen) atoms. The van der Waals surface area contributed by atoms with Crippen LogP contribution in [-0.2, 0) is 26.2 Å². The Kier molecular flexibility index (Phi) is 110. The minimum Gasteiger partial charge on any atom is -0.358 e. The summed E-state index contributed by atoms with van der Waals surface area (Å²) in [5.74, 6) is 0. The zero-order valence-electron chi connectivity index (χ0n) is 7.26. The van der Waals surface area contributed by atoms with E-state index in [2.05, 4.69) is 12.2 Å². The number of allylic oxidation sites excluding steroid dienone is 4. The fraction of sp³-hybridized carbons (Fsp3) is 0.143. The van der Waals surface area contributed by atoms with E-state index in [1.54, 1.807) is 0 Å². The van der Waals surface area contributed by atoms with Crippen LogP contribution in [0.2, 0.25) is 0 Å². The summed E-state index contributed by atoms with van der Waals surface area (Å²) in [7, 11) is 0. The summed E-state index contributed by atoms with van der Waals surface area (Å²) in [6, 6.07) is 0. The molecular formula is C7H16Cl2SiZr. The maximum absolute atomic E-state index is 2.99. The van der Waals surface area contributed by atoms with Crippen LogP contribution in [0.25, 0.3) is 0 Å². The largest absolute Gasteiger partial charge is 3.00 e. The van der Waals surface area contributed by atoms with Crippen molar-refractivity contribution in [2.75, 3.05) is 0 Å². The van der Waals surface area contributed by atoms with E-state index in [4.69, 9.17) is 0 Å². The van der Waals surface area contributed by atoms with Crippen LogP contribution in [0.5, 0.6) is 0 Å². The van der Waals surface area contributed by atoms with Crippen molar-refractivity contribution in [2.45, 2.75) is 6.42 Å². The zero-order valence-corrected chi connectivity index (χ0v) is 13.3. The number of halogens is 2. The van der Waals surface area contributed by atoms with Gasteiger partial charge in [-0.2, -0.15) is 6.08 Å². The van der Waals surface area contributed by atoms with Crippen molar-refractivity contribution in [2.24, 2.45) is 0 Å². The van der Waals surface area contributed by atoms with Gasteiger partial charge in [-0.05, 0) is 11.0 Å². The van der Waals surface area contributed by atoms with Crippen LogP contribution in [0.15, 0.2) is 18.2 Å². The summed E-state index contributed by atoms with van der Waals surface area (Å²) >= 11 is 0. The molecule has 0 spiro atoms. The molecule has 0 fully saturated rings. The van der Waals surface area contributed by atoms with E-state index in [0.717, 1.165) is 6.42 Å². The molecule has 0 atom stereocenters. The fourth-order valence-electron chi connectivity index (χ4n) is 0.340. The third-order valence-electron chi connectivity index (χ3n) is 0.586. The molecule has 0 aromatic heterocycles. The topological polar surface area (TPSA) is 0 Å². The van der Waals surface area contributed by atoms with Crippen molar-refractivity contribution in [1.29, 1.82) is 0 Å². The summed E-state index contributed by atoms with van der Waals surface area (Å²) in [6.45, 7) is 0. The summed E-state index contributed by atoms with van der Waals surface area (Å²) in [6.07, 6.45) is 10.0. The smallest absolute Gasteiger partial charge is 0.358 e. The van der Waals surface area contributed by atoms with Crippen LogP contribution in [0.3, 0.4) is 0 Å². The molecule has 0 aliphatic heterocycles. The second-order valence-electron chi connectivity index (χ2n) is 1.00. The van der Waals surface area contributed by atoms with Gasteiger partial charge in [-0.1, -0.05) is 0 Å². The van der Waals surface area contributed by atoms with E-state index in [1.807, 2.05) is 12.2 Å². The van der Waals surface area contributed by atoms with Crippen molar-refractivity contribution in [3.63, 3.8) is 0 Å². The van der Waals surface area contributed by atoms with E-state index in [0.29, 0.717) is 0 Å². The zero-order chi connectivity index (χ0) is 3.54. The van der Waals surface area contributed by atoms with Crippen molar-refractivity contribution < 1.29 is 26.2 Å². The van der Waals surface area contributed by atoms with Gasteiger partial charge >= 0.3 is 26.2 Å². The Bertz CT molecular complexity index is 74.5. The number of rotatable bonds is 0. The number of hydrogen-bond donors (Lipinski definition) is 0. The molecule has 0 heterocycles. The molecule has 0 aromatic carbocycles. The molecule has 0 unspecified atom stereocenters. The van der Waals surface area contributed by atoms with Crippen molar-refractivity contribution in [3.8, 4) is 0 Å². The van der Waals surface area contributed by atoms with Gasteiger partial charge in [0.2, 0.25) is 0 Å². The Labute approximate surface area is 107 Å². The van der Waals surface area contributed by atoms with Crippen LogP contribution in [0.4, 0.5) is 0 Å². The average Bonchev–Trinajstić information content (AvgIpc) is 1.76. The Morgan fingerprint density at radius 2 is 1.55 bits per heavy atom. The Hall–Kier alpha value is 1.16. The molecule has 0 saturated heterocycles. The maximum Gasteiger partial charge on any atom is 3.00 e. The minimum absolute atomic E-state index is 0. The first-order valence-electron chi connectivity index (χ1n) is 1.72. The molecule has 0 N–H and O–H groups in total. The number of hydrogen-bond acceptors (Lipinski definition) is 0. The van der Waals surface area contributed by atoms with Crippen molar-refractivity contribution in [1.82, 2.24) is 0 Å². The normalized spacial score (nSPS) is 8.00. The van der Waals surface area contributed by atoms with Crippen LogP contribution in [0, 0.1) is 20.9 Å². The summed E-state index contributed by atoms with van der Waals surface area (Å²) in [5.41, 5.74) is 0. The molecule has 0 aromatic rings. The first-order valence-corrected chi connectivity index (χ1v) is 1.72. The molecule has 0 amide bonds. The van der Waals surface area contributed by atoms with Crippen LogP contribution in [0.1, 0.15) is 6.42 Å². The Morgan fingerprint density at radius 1 is 1.09 bits per heavy atom. The first kappa shape index (κ1) is 39.9. The minimum atomic E-state index is 0. The van der Waals surface area contributed by atoms with Gasteiger partial charge in [0.15, 0.2) is 0 Å². The van der Waals surface area contributed by atoms with E-state index in [-0.39, 0.29) is 76.8 Å². The first-order chi connectivity index (χ1) is 2.50. The predicted molar refractivity (Wildman–Crippen MR) is 58.8 cm³/mol. The molecule has 2 radical (unpaired) electrons. The van der Waals surface area contributed by atoms with Crippen molar-refractivity contribution in [3.05, 3.63) is 39.2 Å². The second kappa shape index (κ2) is 30.4. The van der Waals surface area contributed by atoms with Crippen LogP contribution < -0.4 is 0 Å². The molecule has 1 aliphatic carbocycles. The average molecular weight is 290 g/mol. The van der Waals surface area contributed by atoms with E-state index < -0.39 is 0 Å². The van der Waals surface area contributed by atoms with Crippen LogP contribution in [-0.4, -0.2) is 11.0 Å². The van der Waals surface area contributed by atoms with Gasteiger partial charge in [-0.3, -0.25) is 6.08 Å². The second-order valence-corrected chi connectivity index (χ2v) is 1.00. The van der Waals surface area contributed by atoms with Gasteiger partial charge in [0.1, 0.15) is 0 Å². The molecule has 4 heteroatoms. The van der Waals surface area contributed by atoms with Gasteiger partial charge in [-0.25, -0.2) is 12.2 Å². The van der Waals surface area contributed by atoms with E-state index in [1.165, 1.54) is 0 Å². The van der Waals surface area contributed by atoms with Gasteiger partial charge in [0.25, 0.3) is 0 Å². The van der Waals surface area contributed by atoms with Crippen LogP contribution >= 0.6 is 24.8 Å². The van der Waals surface area contributed by atoms with E-state index >= 15 is 0 Å². The SMILES string of the molecule is Cl.Cl.[C-]1=CC=CC1.[CH3-].[CH3-].[SiH3].[Zr+3]. The summed E-state index contributed by atoms with van der Waals surface area (Å²) in [4.78, 5) is 0. The standard InChI is InChI=1S/C5H5.2CH3.2ClH.H3Si.Zr/c1-2-4-5-3-1;;;;;;/h1-3H,4H2;2*1H3;2*1H;1H3;/q3*-1;;;;+3. The summed E-state index contributed by atoms with van der Waals surface area (Å²) in [5, 5.41) is 0. The molecular weight excluding hydrogens is 274 g/mol. The van der Waals surface area contributed by atoms with Crippen molar-refractivity contribution >= 4 is 35.8 Å². The third kappa shape index (κ3) is 24.7. The van der Waals surface area contributed by atoms with E-state index in [9.17, 15) is 0 Å². The van der Waals surface area contributed by atoms with Gasteiger partial charge in [-0.15, -0.1) is 31.2 Å². The van der Waals surface area contributed by atoms with Gasteiger partial charge in [0.05, 0.1) is 0 Å². The Morgan fingerprint density at radius 3 is 1.64 bits per heavy atom. The maximum atomic E-state index is 2.99. The Balaban J connectivity index is -0.0000000104. The third-order valence-corrected chi connectivity index (χ3v) is 0.586. The molecule has 66 valence electrons. The molecule has 0 bridgehead atoms. The molecule has 0 nitrogen and oxygen atoms in total. The quantitative estimate of drug-likeness (QED) is 0.472. The van der Waals surface area contributed by atoms with Gasteiger partial charge in [0, 0.05) is 0 Å². The monoisotopic (exact) mass is 288 g/mol. The predicted octanol–water partition coefficient (Wildman–Crippen LogP) is 1.86. The molecule has 1 rings (SSSR count). The fourth-order valence-corrected chi connectivity index (χ4v) is 0.340.